The molecule has 0 saturated heterocycles. The number of aromatic nitrogens is 3. The Morgan fingerprint density at radius 1 is 0.474 bits per heavy atom. The van der Waals surface area contributed by atoms with E-state index in [4.69, 9.17) is 23.8 Å². The molecule has 1 aliphatic carbocycles. The average molecular weight is 733 g/mol. The highest BCUT2D eigenvalue weighted by Crippen LogP contribution is 2.54. The predicted molar refractivity (Wildman–Crippen MR) is 228 cm³/mol. The van der Waals surface area contributed by atoms with E-state index in [-0.39, 0.29) is 12.0 Å². The molecule has 0 fully saturated rings. The molecule has 6 nitrogen and oxygen atoms in total. The number of furan rings is 2. The molecule has 7 aromatic carbocycles. The van der Waals surface area contributed by atoms with Gasteiger partial charge in [0.15, 0.2) is 17.5 Å². The molecule has 0 amide bonds. The van der Waals surface area contributed by atoms with E-state index in [9.17, 15) is 0 Å². The summed E-state index contributed by atoms with van der Waals surface area (Å²) in [5.74, 6) is 2.63. The average Bonchev–Trinajstić information content (AvgIpc) is 3.96. The molecule has 2 unspecified atom stereocenters. The summed E-state index contributed by atoms with van der Waals surface area (Å²) in [5.41, 5.74) is 12.1. The molecule has 0 bridgehead atoms. The van der Waals surface area contributed by atoms with Gasteiger partial charge in [0, 0.05) is 55.7 Å². The lowest BCUT2D eigenvalue weighted by Gasteiger charge is -2.30. The Kier molecular flexibility index (Phi) is 6.95. The van der Waals surface area contributed by atoms with Gasteiger partial charge < -0.3 is 13.7 Å². The molecule has 268 valence electrons. The Labute approximate surface area is 328 Å². The third kappa shape index (κ3) is 4.94. The van der Waals surface area contributed by atoms with Gasteiger partial charge in [-0.3, -0.25) is 0 Å². The fourth-order valence-corrected chi connectivity index (χ4v) is 9.06. The van der Waals surface area contributed by atoms with Crippen molar-refractivity contribution < 1.29 is 8.83 Å². The van der Waals surface area contributed by atoms with Crippen LogP contribution in [0.15, 0.2) is 185 Å². The molecule has 10 aromatic rings. The molecule has 0 N–H and O–H groups in total. The zero-order chi connectivity index (χ0) is 37.5. The van der Waals surface area contributed by atoms with Crippen LogP contribution in [0.3, 0.4) is 0 Å². The topological polar surface area (TPSA) is 68.2 Å². The van der Waals surface area contributed by atoms with Crippen LogP contribution >= 0.6 is 0 Å². The Hall–Kier alpha value is -7.57. The minimum Gasteiger partial charge on any atom is -0.456 e. The lowest BCUT2D eigenvalue weighted by molar-refractivity contribution is 0.584. The third-order valence-electron chi connectivity index (χ3n) is 11.5. The molecule has 6 heteroatoms. The van der Waals surface area contributed by atoms with Crippen LogP contribution in [0.5, 0.6) is 0 Å². The Morgan fingerprint density at radius 3 is 1.91 bits per heavy atom. The molecular formula is C51H32N4O2. The minimum atomic E-state index is 0.0261. The van der Waals surface area contributed by atoms with Crippen molar-refractivity contribution in [3.8, 4) is 45.3 Å². The van der Waals surface area contributed by atoms with Crippen molar-refractivity contribution >= 4 is 50.4 Å². The van der Waals surface area contributed by atoms with Gasteiger partial charge >= 0.3 is 0 Å². The summed E-state index contributed by atoms with van der Waals surface area (Å²) in [5, 5.41) is 3.01. The van der Waals surface area contributed by atoms with E-state index in [0.29, 0.717) is 17.5 Å². The zero-order valence-corrected chi connectivity index (χ0v) is 30.6. The van der Waals surface area contributed by atoms with Crippen molar-refractivity contribution in [2.45, 2.75) is 12.0 Å². The number of fused-ring (bicyclic) bond motifs is 10. The standard InChI is InChI=1S/C51H32N4O2/c1-3-14-31(15-4-1)32-16-11-17-33(30-32)49-52-50(37-22-12-26-42-45(37)36-21-8-10-25-41(36)56-42)54-51(53-49)38-23-13-27-43-47(38)48-44(57-43)29-28-40-46(48)35-20-7-9-24-39(35)55(40)34-18-5-2-6-19-34/h1-30,40,46H. The number of para-hydroxylation sites is 3. The molecule has 0 spiro atoms. The highest BCUT2D eigenvalue weighted by Gasteiger charge is 2.43. The van der Waals surface area contributed by atoms with Crippen LogP contribution in [0.1, 0.15) is 22.8 Å². The van der Waals surface area contributed by atoms with E-state index in [1.807, 2.05) is 42.5 Å². The highest BCUT2D eigenvalue weighted by atomic mass is 16.3. The van der Waals surface area contributed by atoms with E-state index in [2.05, 4.69) is 144 Å². The van der Waals surface area contributed by atoms with Crippen LogP contribution in [0.4, 0.5) is 11.4 Å². The van der Waals surface area contributed by atoms with Gasteiger partial charge in [-0.1, -0.05) is 133 Å². The first-order chi connectivity index (χ1) is 28.3. The first kappa shape index (κ1) is 31.7. The molecule has 0 saturated carbocycles. The summed E-state index contributed by atoms with van der Waals surface area (Å²) in [6.45, 7) is 0. The summed E-state index contributed by atoms with van der Waals surface area (Å²) in [6.07, 6.45) is 4.43. The van der Waals surface area contributed by atoms with Crippen LogP contribution in [0, 0.1) is 0 Å². The Morgan fingerprint density at radius 2 is 1.09 bits per heavy atom. The second-order valence-electron chi connectivity index (χ2n) is 14.7. The van der Waals surface area contributed by atoms with Crippen LogP contribution in [-0.4, -0.2) is 21.0 Å². The number of hydrogen-bond acceptors (Lipinski definition) is 6. The van der Waals surface area contributed by atoms with E-state index >= 15 is 0 Å². The van der Waals surface area contributed by atoms with Crippen LogP contribution in [-0.2, 0) is 0 Å². The van der Waals surface area contributed by atoms with Crippen molar-refractivity contribution in [1.82, 2.24) is 15.0 Å². The summed E-state index contributed by atoms with van der Waals surface area (Å²) in [4.78, 5) is 18.4. The van der Waals surface area contributed by atoms with Crippen molar-refractivity contribution in [1.29, 1.82) is 0 Å². The SMILES string of the molecule is C1=CC2C(c3ccccc3N2c2ccccc2)c2c1oc1cccc(-c3nc(-c4cccc(-c5ccccc5)c4)nc(-c4cccc5oc6ccccc6c45)n3)c21. The maximum atomic E-state index is 6.72. The molecule has 2 aliphatic rings. The van der Waals surface area contributed by atoms with Gasteiger partial charge in [-0.05, 0) is 65.2 Å². The number of anilines is 2. The quantitative estimate of drug-likeness (QED) is 0.175. The van der Waals surface area contributed by atoms with E-state index in [1.54, 1.807) is 0 Å². The van der Waals surface area contributed by atoms with Crippen molar-refractivity contribution in [2.24, 2.45) is 0 Å². The largest absolute Gasteiger partial charge is 0.456 e. The molecule has 2 atom stereocenters. The monoisotopic (exact) mass is 732 g/mol. The summed E-state index contributed by atoms with van der Waals surface area (Å²) in [7, 11) is 0. The van der Waals surface area contributed by atoms with Gasteiger partial charge in [-0.2, -0.15) is 0 Å². The second-order valence-corrected chi connectivity index (χ2v) is 14.7. The maximum Gasteiger partial charge on any atom is 0.164 e. The van der Waals surface area contributed by atoms with Gasteiger partial charge in [0.2, 0.25) is 0 Å². The zero-order valence-electron chi connectivity index (χ0n) is 30.6. The Bertz CT molecular complexity index is 3220. The first-order valence-electron chi connectivity index (χ1n) is 19.3. The minimum absolute atomic E-state index is 0.0261. The van der Waals surface area contributed by atoms with Gasteiger partial charge in [-0.25, -0.2) is 15.0 Å². The fraction of sp³-hybridized carbons (Fsp3) is 0.0392. The van der Waals surface area contributed by atoms with Crippen molar-refractivity contribution in [3.05, 3.63) is 193 Å². The Balaban J connectivity index is 1.10. The van der Waals surface area contributed by atoms with Crippen LogP contribution in [0.25, 0.3) is 84.3 Å². The molecule has 57 heavy (non-hydrogen) atoms. The second kappa shape index (κ2) is 12.5. The lowest BCUT2D eigenvalue weighted by Crippen LogP contribution is -2.30. The van der Waals surface area contributed by atoms with Crippen LogP contribution < -0.4 is 4.90 Å². The number of rotatable bonds is 5. The third-order valence-corrected chi connectivity index (χ3v) is 11.5. The smallest absolute Gasteiger partial charge is 0.164 e. The van der Waals surface area contributed by atoms with E-state index in [0.717, 1.165) is 77.7 Å². The molecule has 12 rings (SSSR count). The molecular weight excluding hydrogens is 701 g/mol. The summed E-state index contributed by atoms with van der Waals surface area (Å²) in [6, 6.07) is 58.7. The molecule has 1 aliphatic heterocycles. The molecule has 0 radical (unpaired) electrons. The number of hydrogen-bond donors (Lipinski definition) is 0. The highest BCUT2D eigenvalue weighted by molar-refractivity contribution is 6.12. The fourth-order valence-electron chi connectivity index (χ4n) is 9.06. The van der Waals surface area contributed by atoms with Crippen molar-refractivity contribution in [3.63, 3.8) is 0 Å². The van der Waals surface area contributed by atoms with E-state index < -0.39 is 0 Å². The normalized spacial score (nSPS) is 15.6. The predicted octanol–water partition coefficient (Wildman–Crippen LogP) is 12.9. The number of nitrogens with zero attached hydrogens (tertiary/aromatic N) is 4. The molecule has 3 aromatic heterocycles. The summed E-state index contributed by atoms with van der Waals surface area (Å²) < 4.78 is 13.1. The van der Waals surface area contributed by atoms with Crippen molar-refractivity contribution in [2.75, 3.05) is 4.90 Å². The molecule has 4 heterocycles. The van der Waals surface area contributed by atoms with Gasteiger partial charge in [0.05, 0.1) is 6.04 Å². The van der Waals surface area contributed by atoms with Gasteiger partial charge in [-0.15, -0.1) is 0 Å². The summed E-state index contributed by atoms with van der Waals surface area (Å²) >= 11 is 0. The van der Waals surface area contributed by atoms with E-state index in [1.165, 1.54) is 11.3 Å². The van der Waals surface area contributed by atoms with Gasteiger partial charge in [0.25, 0.3) is 0 Å². The maximum absolute atomic E-state index is 6.72. The van der Waals surface area contributed by atoms with Gasteiger partial charge in [0.1, 0.15) is 22.5 Å². The number of benzene rings is 7. The van der Waals surface area contributed by atoms with Crippen LogP contribution in [0.2, 0.25) is 0 Å². The lowest BCUT2D eigenvalue weighted by atomic mass is 9.82. The first-order valence-corrected chi connectivity index (χ1v) is 19.3.